The Hall–Kier alpha value is -0.820. The lowest BCUT2D eigenvalue weighted by atomic mass is 10.1. The molecule has 0 radical (unpaired) electrons. The molecule has 0 saturated heterocycles. The van der Waals surface area contributed by atoms with Crippen molar-refractivity contribution in [3.05, 3.63) is 29.3 Å². The predicted molar refractivity (Wildman–Crippen MR) is 94.6 cm³/mol. The van der Waals surface area contributed by atoms with E-state index in [0.29, 0.717) is 12.5 Å². The van der Waals surface area contributed by atoms with Crippen LogP contribution in [-0.2, 0) is 0 Å². The lowest BCUT2D eigenvalue weighted by Crippen LogP contribution is -2.26. The minimum Gasteiger partial charge on any atom is -0.370 e. The maximum absolute atomic E-state index is 5.85. The number of aryl methyl sites for hydroxylation is 2. The van der Waals surface area contributed by atoms with Crippen LogP contribution in [0.25, 0.3) is 0 Å². The van der Waals surface area contributed by atoms with Crippen molar-refractivity contribution in [2.24, 2.45) is 10.7 Å². The van der Waals surface area contributed by atoms with Gasteiger partial charge >= 0.3 is 0 Å². The molecule has 1 aromatic rings. The number of benzene rings is 1. The smallest absolute Gasteiger partial charge is 0.193 e. The van der Waals surface area contributed by atoms with E-state index in [0.717, 1.165) is 18.8 Å². The van der Waals surface area contributed by atoms with E-state index >= 15 is 0 Å². The molecule has 1 aromatic carbocycles. The fourth-order valence-corrected chi connectivity index (χ4v) is 1.73. The fourth-order valence-electron chi connectivity index (χ4n) is 1.73. The second-order valence-corrected chi connectivity index (χ2v) is 4.66. The van der Waals surface area contributed by atoms with Gasteiger partial charge in [-0.25, -0.2) is 0 Å². The number of aliphatic imine (C=N–C) groups is 1. The summed E-state index contributed by atoms with van der Waals surface area (Å²) in [6.45, 7) is 8.93. The number of nitrogens with two attached hydrogens (primary N) is 1. The van der Waals surface area contributed by atoms with Crippen LogP contribution in [-0.4, -0.2) is 37.5 Å². The molecule has 0 atom stereocenters. The molecule has 0 fully saturated rings. The Kier molecular flexibility index (Phi) is 8.75. The normalized spacial score (nSPS) is 11.3. The summed E-state index contributed by atoms with van der Waals surface area (Å²) in [5, 5.41) is 3.12. The zero-order valence-electron chi connectivity index (χ0n) is 12.2. The Labute approximate surface area is 133 Å². The summed E-state index contributed by atoms with van der Waals surface area (Å²) in [6, 6.07) is 6.26. The summed E-state index contributed by atoms with van der Waals surface area (Å²) in [5.74, 6) is 0.476. The van der Waals surface area contributed by atoms with Gasteiger partial charge in [-0.1, -0.05) is 13.0 Å². The van der Waals surface area contributed by atoms with Crippen LogP contribution in [0.1, 0.15) is 18.1 Å². The van der Waals surface area contributed by atoms with E-state index in [9.17, 15) is 0 Å². The Bertz CT molecular complexity index is 398. The zero-order valence-corrected chi connectivity index (χ0v) is 14.6. The number of likely N-dealkylation sites (N-methyl/N-ethyl adjacent to an activating group) is 1. The first-order chi connectivity index (χ1) is 8.51. The molecule has 19 heavy (non-hydrogen) atoms. The van der Waals surface area contributed by atoms with Crippen molar-refractivity contribution in [3.63, 3.8) is 0 Å². The van der Waals surface area contributed by atoms with E-state index in [-0.39, 0.29) is 24.0 Å². The SMILES string of the molecule is CCN(C)CCN=C(N)Nc1cc(C)cc(C)c1.I. The summed E-state index contributed by atoms with van der Waals surface area (Å²) < 4.78 is 0. The quantitative estimate of drug-likeness (QED) is 0.472. The molecule has 0 heterocycles. The highest BCUT2D eigenvalue weighted by Crippen LogP contribution is 2.13. The summed E-state index contributed by atoms with van der Waals surface area (Å²) in [5.41, 5.74) is 9.29. The van der Waals surface area contributed by atoms with Gasteiger partial charge in [0, 0.05) is 12.2 Å². The van der Waals surface area contributed by atoms with E-state index in [1.165, 1.54) is 11.1 Å². The molecule has 1 rings (SSSR count). The maximum atomic E-state index is 5.85. The minimum atomic E-state index is 0. The second-order valence-electron chi connectivity index (χ2n) is 4.66. The summed E-state index contributed by atoms with van der Waals surface area (Å²) in [6.07, 6.45) is 0. The molecule has 0 bridgehead atoms. The third-order valence-corrected chi connectivity index (χ3v) is 2.80. The number of halogens is 1. The highest BCUT2D eigenvalue weighted by molar-refractivity contribution is 14.0. The molecule has 0 aliphatic heterocycles. The van der Waals surface area contributed by atoms with Crippen molar-refractivity contribution in [3.8, 4) is 0 Å². The zero-order chi connectivity index (χ0) is 13.5. The first-order valence-corrected chi connectivity index (χ1v) is 6.35. The van der Waals surface area contributed by atoms with Crippen LogP contribution >= 0.6 is 24.0 Å². The molecular weight excluding hydrogens is 351 g/mol. The number of anilines is 1. The molecule has 0 aromatic heterocycles. The van der Waals surface area contributed by atoms with Crippen LogP contribution in [0.2, 0.25) is 0 Å². The molecule has 0 aliphatic rings. The van der Waals surface area contributed by atoms with Crippen molar-refractivity contribution < 1.29 is 0 Å². The van der Waals surface area contributed by atoms with Gasteiger partial charge in [-0.15, -0.1) is 24.0 Å². The topological polar surface area (TPSA) is 53.6 Å². The van der Waals surface area contributed by atoms with Crippen molar-refractivity contribution in [1.82, 2.24) is 4.90 Å². The van der Waals surface area contributed by atoms with Gasteiger partial charge < -0.3 is 16.0 Å². The Morgan fingerprint density at radius 2 is 1.84 bits per heavy atom. The van der Waals surface area contributed by atoms with Gasteiger partial charge in [0.15, 0.2) is 5.96 Å². The van der Waals surface area contributed by atoms with Crippen LogP contribution < -0.4 is 11.1 Å². The molecule has 108 valence electrons. The Balaban J connectivity index is 0.00000324. The average molecular weight is 376 g/mol. The number of nitrogens with zero attached hydrogens (tertiary/aromatic N) is 2. The highest BCUT2D eigenvalue weighted by atomic mass is 127. The summed E-state index contributed by atoms with van der Waals surface area (Å²) in [4.78, 5) is 6.51. The summed E-state index contributed by atoms with van der Waals surface area (Å²) >= 11 is 0. The standard InChI is InChI=1S/C14H24N4.HI/c1-5-18(4)7-6-16-14(15)17-13-9-11(2)8-12(3)10-13;/h8-10H,5-7H2,1-4H3,(H3,15,16,17);1H. The number of guanidine groups is 1. The Morgan fingerprint density at radius 3 is 2.37 bits per heavy atom. The monoisotopic (exact) mass is 376 g/mol. The molecule has 5 heteroatoms. The average Bonchev–Trinajstić information content (AvgIpc) is 2.27. The molecular formula is C14H25IN4. The van der Waals surface area contributed by atoms with Gasteiger partial charge in [0.05, 0.1) is 6.54 Å². The van der Waals surface area contributed by atoms with E-state index in [1.807, 2.05) is 0 Å². The minimum absolute atomic E-state index is 0. The number of hydrogen-bond acceptors (Lipinski definition) is 2. The molecule has 0 spiro atoms. The van der Waals surface area contributed by atoms with Crippen molar-refractivity contribution in [2.75, 3.05) is 32.0 Å². The van der Waals surface area contributed by atoms with Gasteiger partial charge in [-0.2, -0.15) is 0 Å². The molecule has 0 aliphatic carbocycles. The van der Waals surface area contributed by atoms with Crippen LogP contribution in [0.3, 0.4) is 0 Å². The van der Waals surface area contributed by atoms with E-state index in [1.54, 1.807) is 0 Å². The molecule has 3 N–H and O–H groups in total. The van der Waals surface area contributed by atoms with Crippen LogP contribution in [0.15, 0.2) is 23.2 Å². The maximum Gasteiger partial charge on any atom is 0.193 e. The Morgan fingerprint density at radius 1 is 1.26 bits per heavy atom. The lowest BCUT2D eigenvalue weighted by Gasteiger charge is -2.12. The number of nitrogens with one attached hydrogen (secondary N) is 1. The van der Waals surface area contributed by atoms with Crippen molar-refractivity contribution >= 4 is 35.6 Å². The van der Waals surface area contributed by atoms with Crippen LogP contribution in [0.4, 0.5) is 5.69 Å². The van der Waals surface area contributed by atoms with Gasteiger partial charge in [-0.05, 0) is 50.7 Å². The van der Waals surface area contributed by atoms with Crippen LogP contribution in [0, 0.1) is 13.8 Å². The number of rotatable bonds is 5. The molecule has 0 unspecified atom stereocenters. The highest BCUT2D eigenvalue weighted by Gasteiger charge is 1.98. The van der Waals surface area contributed by atoms with Crippen molar-refractivity contribution in [1.29, 1.82) is 0 Å². The van der Waals surface area contributed by atoms with E-state index in [4.69, 9.17) is 5.73 Å². The van der Waals surface area contributed by atoms with E-state index in [2.05, 4.69) is 61.2 Å². The molecule has 0 saturated carbocycles. The van der Waals surface area contributed by atoms with Crippen LogP contribution in [0.5, 0.6) is 0 Å². The first-order valence-electron chi connectivity index (χ1n) is 6.35. The largest absolute Gasteiger partial charge is 0.370 e. The van der Waals surface area contributed by atoms with E-state index < -0.39 is 0 Å². The molecule has 4 nitrogen and oxygen atoms in total. The van der Waals surface area contributed by atoms with Gasteiger partial charge in [0.25, 0.3) is 0 Å². The lowest BCUT2D eigenvalue weighted by molar-refractivity contribution is 0.363. The number of hydrogen-bond donors (Lipinski definition) is 2. The molecule has 0 amide bonds. The first kappa shape index (κ1) is 18.2. The van der Waals surface area contributed by atoms with Gasteiger partial charge in [0.1, 0.15) is 0 Å². The summed E-state index contributed by atoms with van der Waals surface area (Å²) in [7, 11) is 2.07. The predicted octanol–water partition coefficient (Wildman–Crippen LogP) is 2.60. The van der Waals surface area contributed by atoms with Gasteiger partial charge in [0.2, 0.25) is 0 Å². The fraction of sp³-hybridized carbons (Fsp3) is 0.500. The second kappa shape index (κ2) is 9.14. The third kappa shape index (κ3) is 7.37. The van der Waals surface area contributed by atoms with Gasteiger partial charge in [-0.3, -0.25) is 4.99 Å². The van der Waals surface area contributed by atoms with Crippen molar-refractivity contribution in [2.45, 2.75) is 20.8 Å². The third-order valence-electron chi connectivity index (χ3n) is 2.80.